The Bertz CT molecular complexity index is 407. The average molecular weight is 267 g/mol. The van der Waals surface area contributed by atoms with E-state index in [0.717, 1.165) is 12.3 Å². The summed E-state index contributed by atoms with van der Waals surface area (Å²) < 4.78 is 25.8. The Hall–Kier alpha value is -0.125. The molecule has 2 unspecified atom stereocenters. The third-order valence-corrected chi connectivity index (χ3v) is 6.41. The van der Waals surface area contributed by atoms with Crippen LogP contribution in [0, 0.1) is 17.3 Å². The number of hydrogen-bond donors (Lipinski definition) is 1. The van der Waals surface area contributed by atoms with Gasteiger partial charge in [-0.15, -0.1) is 0 Å². The van der Waals surface area contributed by atoms with Crippen LogP contribution in [0.1, 0.15) is 40.0 Å². The Kier molecular flexibility index (Phi) is 2.48. The molecule has 2 bridgehead atoms. The van der Waals surface area contributed by atoms with Crippen molar-refractivity contribution in [3.63, 3.8) is 0 Å². The molecule has 5 rings (SSSR count). The highest BCUT2D eigenvalue weighted by Crippen LogP contribution is 2.65. The first-order valence-electron chi connectivity index (χ1n) is 7.62. The molecule has 106 valence electrons. The van der Waals surface area contributed by atoms with E-state index >= 15 is 0 Å². The van der Waals surface area contributed by atoms with Crippen molar-refractivity contribution in [2.45, 2.75) is 63.9 Å². The van der Waals surface area contributed by atoms with E-state index in [1.807, 2.05) is 0 Å². The van der Waals surface area contributed by atoms with Crippen molar-refractivity contribution in [1.29, 1.82) is 0 Å². The van der Waals surface area contributed by atoms with Crippen molar-refractivity contribution in [2.24, 2.45) is 17.3 Å². The normalized spacial score (nSPS) is 54.9. The first-order valence-corrected chi connectivity index (χ1v) is 7.62. The molecule has 5 aliphatic rings. The standard InChI is InChI=1S/C14H23BFNO2/c1-13(2)8-4-10(13)14(3)11(5-8)18-15(19-14)12-6-9(16)7-17-12/h8-12,17H,4-7H2,1-3H3/t8-,9-,10-,11?,12?,14-/m0/s1. The summed E-state index contributed by atoms with van der Waals surface area (Å²) in [4.78, 5) is 0. The van der Waals surface area contributed by atoms with Crippen LogP contribution >= 0.6 is 0 Å². The van der Waals surface area contributed by atoms with Crippen molar-refractivity contribution >= 4 is 7.12 Å². The maximum Gasteiger partial charge on any atom is 0.475 e. The molecule has 0 aromatic heterocycles. The van der Waals surface area contributed by atoms with Gasteiger partial charge in [0, 0.05) is 12.5 Å². The summed E-state index contributed by atoms with van der Waals surface area (Å²) in [6, 6.07) is 0. The molecule has 0 aromatic carbocycles. The SMILES string of the molecule is CC1(C)[C@@H]2CC3OB(C4C[C@H](F)CN4)O[C@@]3(C)[C@H]1C2. The van der Waals surface area contributed by atoms with Crippen molar-refractivity contribution in [3.05, 3.63) is 0 Å². The van der Waals surface area contributed by atoms with E-state index in [1.165, 1.54) is 6.42 Å². The van der Waals surface area contributed by atoms with Gasteiger partial charge in [0.15, 0.2) is 0 Å². The van der Waals surface area contributed by atoms with Gasteiger partial charge < -0.3 is 14.6 Å². The molecular formula is C14H23BFNO2. The van der Waals surface area contributed by atoms with E-state index in [9.17, 15) is 4.39 Å². The molecule has 5 fully saturated rings. The van der Waals surface area contributed by atoms with Gasteiger partial charge >= 0.3 is 7.12 Å². The molecule has 5 heteroatoms. The van der Waals surface area contributed by atoms with E-state index in [2.05, 4.69) is 26.1 Å². The number of hydrogen-bond acceptors (Lipinski definition) is 3. The largest absolute Gasteiger partial charge is 0.475 e. The summed E-state index contributed by atoms with van der Waals surface area (Å²) >= 11 is 0. The van der Waals surface area contributed by atoms with Gasteiger partial charge in [-0.25, -0.2) is 4.39 Å². The van der Waals surface area contributed by atoms with Gasteiger partial charge in [-0.3, -0.25) is 0 Å². The Balaban J connectivity index is 1.54. The number of halogens is 1. The summed E-state index contributed by atoms with van der Waals surface area (Å²) in [5, 5.41) is 3.20. The highest BCUT2D eigenvalue weighted by Gasteiger charge is 2.68. The molecule has 1 N–H and O–H groups in total. The molecule has 19 heavy (non-hydrogen) atoms. The first kappa shape index (κ1) is 12.6. The molecule has 2 saturated heterocycles. The smallest absolute Gasteiger partial charge is 0.404 e. The molecule has 0 spiro atoms. The molecule has 0 amide bonds. The lowest BCUT2D eigenvalue weighted by Crippen LogP contribution is -2.65. The predicted octanol–water partition coefficient (Wildman–Crippen LogP) is 1.95. The van der Waals surface area contributed by atoms with Crippen LogP contribution in [-0.2, 0) is 9.31 Å². The highest BCUT2D eigenvalue weighted by molar-refractivity contribution is 6.47. The maximum absolute atomic E-state index is 13.3. The zero-order valence-corrected chi connectivity index (χ0v) is 12.0. The van der Waals surface area contributed by atoms with Crippen molar-refractivity contribution in [3.8, 4) is 0 Å². The lowest BCUT2D eigenvalue weighted by molar-refractivity contribution is -0.199. The Morgan fingerprint density at radius 1 is 1.21 bits per heavy atom. The summed E-state index contributed by atoms with van der Waals surface area (Å²) in [6.45, 7) is 7.36. The van der Waals surface area contributed by atoms with Gasteiger partial charge in [0.25, 0.3) is 0 Å². The van der Waals surface area contributed by atoms with Gasteiger partial charge in [-0.2, -0.15) is 0 Å². The second kappa shape index (κ2) is 3.74. The van der Waals surface area contributed by atoms with Crippen LogP contribution in [0.15, 0.2) is 0 Å². The third kappa shape index (κ3) is 1.55. The van der Waals surface area contributed by atoms with E-state index in [-0.39, 0.29) is 24.8 Å². The molecule has 3 aliphatic carbocycles. The lowest BCUT2D eigenvalue weighted by atomic mass is 9.43. The van der Waals surface area contributed by atoms with Crippen LogP contribution in [-0.4, -0.2) is 37.5 Å². The molecule has 2 heterocycles. The highest BCUT2D eigenvalue weighted by atomic mass is 19.1. The fraction of sp³-hybridized carbons (Fsp3) is 1.00. The summed E-state index contributed by atoms with van der Waals surface area (Å²) in [6.07, 6.45) is 2.33. The number of nitrogens with one attached hydrogen (secondary N) is 1. The van der Waals surface area contributed by atoms with Gasteiger partial charge in [-0.1, -0.05) is 13.8 Å². The van der Waals surface area contributed by atoms with E-state index in [4.69, 9.17) is 9.31 Å². The molecule has 3 saturated carbocycles. The minimum absolute atomic E-state index is 0.0257. The first-order chi connectivity index (χ1) is 8.91. The maximum atomic E-state index is 13.3. The predicted molar refractivity (Wildman–Crippen MR) is 71.4 cm³/mol. The quantitative estimate of drug-likeness (QED) is 0.737. The number of alkyl halides is 1. The molecule has 0 aromatic rings. The van der Waals surface area contributed by atoms with Gasteiger partial charge in [0.05, 0.1) is 11.7 Å². The fourth-order valence-electron chi connectivity index (χ4n) is 5.00. The zero-order valence-electron chi connectivity index (χ0n) is 12.0. The van der Waals surface area contributed by atoms with Gasteiger partial charge in [0.1, 0.15) is 6.17 Å². The van der Waals surface area contributed by atoms with Crippen LogP contribution in [0.5, 0.6) is 0 Å². The van der Waals surface area contributed by atoms with Crippen LogP contribution in [0.25, 0.3) is 0 Å². The molecule has 0 radical (unpaired) electrons. The van der Waals surface area contributed by atoms with Crippen LogP contribution in [0.2, 0.25) is 0 Å². The lowest BCUT2D eigenvalue weighted by Gasteiger charge is -2.64. The molecular weight excluding hydrogens is 244 g/mol. The Morgan fingerprint density at radius 2 is 2.00 bits per heavy atom. The second-order valence-electron chi connectivity index (χ2n) is 7.68. The van der Waals surface area contributed by atoms with Crippen molar-refractivity contribution in [2.75, 3.05) is 6.54 Å². The van der Waals surface area contributed by atoms with Gasteiger partial charge in [0.2, 0.25) is 0 Å². The summed E-state index contributed by atoms with van der Waals surface area (Å²) in [5.41, 5.74) is 0.203. The molecule has 3 nitrogen and oxygen atoms in total. The van der Waals surface area contributed by atoms with E-state index in [1.54, 1.807) is 0 Å². The van der Waals surface area contributed by atoms with Crippen molar-refractivity contribution < 1.29 is 13.7 Å². The minimum Gasteiger partial charge on any atom is -0.404 e. The van der Waals surface area contributed by atoms with Crippen LogP contribution in [0.3, 0.4) is 0 Å². The Morgan fingerprint density at radius 3 is 2.63 bits per heavy atom. The van der Waals surface area contributed by atoms with E-state index < -0.39 is 6.17 Å². The topological polar surface area (TPSA) is 30.5 Å². The zero-order chi connectivity index (χ0) is 13.4. The van der Waals surface area contributed by atoms with E-state index in [0.29, 0.717) is 24.3 Å². The van der Waals surface area contributed by atoms with Crippen LogP contribution < -0.4 is 5.32 Å². The fourth-order valence-corrected chi connectivity index (χ4v) is 5.00. The van der Waals surface area contributed by atoms with Gasteiger partial charge in [-0.05, 0) is 43.4 Å². The Labute approximate surface area is 114 Å². The monoisotopic (exact) mass is 267 g/mol. The second-order valence-corrected chi connectivity index (χ2v) is 7.68. The average Bonchev–Trinajstić information content (AvgIpc) is 2.90. The third-order valence-electron chi connectivity index (χ3n) is 6.41. The van der Waals surface area contributed by atoms with Crippen molar-refractivity contribution in [1.82, 2.24) is 5.32 Å². The molecule has 6 atom stereocenters. The summed E-state index contributed by atoms with van der Waals surface area (Å²) in [7, 11) is -0.258. The summed E-state index contributed by atoms with van der Waals surface area (Å²) in [5.74, 6) is 1.37. The molecule has 2 aliphatic heterocycles. The number of rotatable bonds is 1. The minimum atomic E-state index is -0.752. The van der Waals surface area contributed by atoms with Crippen LogP contribution in [0.4, 0.5) is 4.39 Å².